The highest BCUT2D eigenvalue weighted by Crippen LogP contribution is 2.21. The Hall–Kier alpha value is -3.93. The van der Waals surface area contributed by atoms with E-state index in [0.29, 0.717) is 24.9 Å². The van der Waals surface area contributed by atoms with Gasteiger partial charge < -0.3 is 36.5 Å². The van der Waals surface area contributed by atoms with Crippen molar-refractivity contribution in [2.75, 3.05) is 6.54 Å². The van der Waals surface area contributed by atoms with Gasteiger partial charge in [0.1, 0.15) is 18.1 Å². The molecule has 3 rings (SSSR count). The lowest BCUT2D eigenvalue weighted by atomic mass is 10.0. The van der Waals surface area contributed by atoms with E-state index < -0.39 is 60.2 Å². The zero-order valence-electron chi connectivity index (χ0n) is 20.8. The van der Waals surface area contributed by atoms with Crippen molar-refractivity contribution in [3.63, 3.8) is 0 Å². The smallest absolute Gasteiger partial charge is 0.326 e. The lowest BCUT2D eigenvalue weighted by Gasteiger charge is -2.29. The van der Waals surface area contributed by atoms with Gasteiger partial charge in [-0.2, -0.15) is 0 Å². The van der Waals surface area contributed by atoms with Crippen molar-refractivity contribution in [2.24, 2.45) is 11.7 Å². The summed E-state index contributed by atoms with van der Waals surface area (Å²) < 4.78 is 0. The minimum atomic E-state index is -1.54. The highest BCUT2D eigenvalue weighted by atomic mass is 16.4. The average Bonchev–Trinajstić information content (AvgIpc) is 3.49. The number of nitrogens with two attached hydrogens (primary N) is 1. The second-order valence-corrected chi connectivity index (χ2v) is 9.58. The van der Waals surface area contributed by atoms with Crippen LogP contribution >= 0.6 is 0 Å². The molecule has 1 aromatic carbocycles. The van der Waals surface area contributed by atoms with Gasteiger partial charge in [-0.3, -0.25) is 19.2 Å². The highest BCUT2D eigenvalue weighted by Gasteiger charge is 2.39. The maximum absolute atomic E-state index is 13.0. The molecule has 0 aliphatic carbocycles. The van der Waals surface area contributed by atoms with Crippen LogP contribution in [0.4, 0.5) is 0 Å². The molecule has 0 radical (unpaired) electrons. The van der Waals surface area contributed by atoms with Crippen molar-refractivity contribution < 1.29 is 34.2 Å². The summed E-state index contributed by atoms with van der Waals surface area (Å²) in [6, 6.07) is 2.67. The molecule has 2 heterocycles. The van der Waals surface area contributed by atoms with E-state index in [9.17, 15) is 34.2 Å². The summed E-state index contributed by atoms with van der Waals surface area (Å²) in [4.78, 5) is 66.5. The number of carbonyl (C=O) groups excluding carboxylic acids is 3. The predicted octanol–water partition coefficient (Wildman–Crippen LogP) is 0.214. The van der Waals surface area contributed by atoms with Gasteiger partial charge >= 0.3 is 11.9 Å². The first-order chi connectivity index (χ1) is 17.5. The summed E-state index contributed by atoms with van der Waals surface area (Å²) in [5.41, 5.74) is 7.43. The fourth-order valence-electron chi connectivity index (χ4n) is 4.42. The fourth-order valence-corrected chi connectivity index (χ4v) is 4.42. The number of nitrogens with one attached hydrogen (secondary N) is 3. The van der Waals surface area contributed by atoms with Gasteiger partial charge in [0, 0.05) is 30.1 Å². The van der Waals surface area contributed by atoms with Crippen molar-refractivity contribution in [1.29, 1.82) is 0 Å². The Balaban J connectivity index is 1.73. The van der Waals surface area contributed by atoms with E-state index in [-0.39, 0.29) is 12.3 Å². The van der Waals surface area contributed by atoms with Gasteiger partial charge in [0.05, 0.1) is 12.5 Å². The quantitative estimate of drug-likeness (QED) is 0.244. The number of hydrogen-bond acceptors (Lipinski definition) is 6. The first kappa shape index (κ1) is 27.7. The first-order valence-electron chi connectivity index (χ1n) is 12.2. The number of amides is 3. The Morgan fingerprint density at radius 3 is 2.46 bits per heavy atom. The standard InChI is InChI=1S/C25H33N5O7/c1-13(2)21(26)24(35)30-9-5-8-19(30)23(34)28-17(11-20(31)32)22(33)29-18(25(36)37)10-14-12-27-16-7-4-3-6-15(14)16/h3-4,6-7,12-13,17-19,21,27H,5,8-11,26H2,1-2H3,(H,28,34)(H,29,33)(H,31,32)(H,36,37). The van der Waals surface area contributed by atoms with E-state index in [1.807, 2.05) is 18.2 Å². The van der Waals surface area contributed by atoms with Crippen molar-refractivity contribution in [2.45, 2.75) is 63.7 Å². The van der Waals surface area contributed by atoms with Crippen LogP contribution in [0.2, 0.25) is 0 Å². The SMILES string of the molecule is CC(C)C(N)C(=O)N1CCCC1C(=O)NC(CC(=O)O)C(=O)NC(Cc1c[nH]c2ccccc12)C(=O)O. The van der Waals surface area contributed by atoms with Crippen LogP contribution in [-0.2, 0) is 30.4 Å². The van der Waals surface area contributed by atoms with Crippen molar-refractivity contribution in [3.05, 3.63) is 36.0 Å². The molecule has 2 aromatic rings. The molecule has 1 aliphatic rings. The third-order valence-corrected chi connectivity index (χ3v) is 6.57. The normalized spacial score (nSPS) is 17.8. The maximum Gasteiger partial charge on any atom is 0.326 e. The van der Waals surface area contributed by atoms with Crippen LogP contribution in [0.3, 0.4) is 0 Å². The number of carboxylic acids is 2. The van der Waals surface area contributed by atoms with Crippen LogP contribution in [0, 0.1) is 5.92 Å². The van der Waals surface area contributed by atoms with Gasteiger partial charge in [0.25, 0.3) is 0 Å². The van der Waals surface area contributed by atoms with Crippen molar-refractivity contribution in [3.8, 4) is 0 Å². The topological polar surface area (TPSA) is 195 Å². The summed E-state index contributed by atoms with van der Waals surface area (Å²) in [7, 11) is 0. The molecule has 0 spiro atoms. The summed E-state index contributed by atoms with van der Waals surface area (Å²) in [6.07, 6.45) is 1.72. The maximum atomic E-state index is 13.0. The van der Waals surface area contributed by atoms with Crippen LogP contribution < -0.4 is 16.4 Å². The first-order valence-corrected chi connectivity index (χ1v) is 12.2. The summed E-state index contributed by atoms with van der Waals surface area (Å²) in [6.45, 7) is 3.89. The molecule has 12 nitrogen and oxygen atoms in total. The molecular formula is C25H33N5O7. The zero-order valence-corrected chi connectivity index (χ0v) is 20.8. The molecule has 200 valence electrons. The number of para-hydroxylation sites is 1. The number of aromatic amines is 1. The molecule has 7 N–H and O–H groups in total. The second kappa shape index (κ2) is 11.9. The Bertz CT molecular complexity index is 1180. The molecule has 0 bridgehead atoms. The number of carbonyl (C=O) groups is 5. The molecule has 37 heavy (non-hydrogen) atoms. The second-order valence-electron chi connectivity index (χ2n) is 9.58. The molecule has 12 heteroatoms. The number of aromatic nitrogens is 1. The van der Waals surface area contributed by atoms with Gasteiger partial charge in [-0.15, -0.1) is 0 Å². The summed E-state index contributed by atoms with van der Waals surface area (Å²) in [5, 5.41) is 24.6. The van der Waals surface area contributed by atoms with E-state index in [4.69, 9.17) is 5.73 Å². The molecule has 1 saturated heterocycles. The lowest BCUT2D eigenvalue weighted by molar-refractivity contribution is -0.145. The number of hydrogen-bond donors (Lipinski definition) is 6. The number of likely N-dealkylation sites (tertiary alicyclic amines) is 1. The van der Waals surface area contributed by atoms with E-state index in [1.54, 1.807) is 26.1 Å². The Morgan fingerprint density at radius 1 is 1.11 bits per heavy atom. The fraction of sp³-hybridized carbons (Fsp3) is 0.480. The van der Waals surface area contributed by atoms with Gasteiger partial charge in [-0.1, -0.05) is 32.0 Å². The largest absolute Gasteiger partial charge is 0.481 e. The van der Waals surface area contributed by atoms with E-state index in [2.05, 4.69) is 15.6 Å². The van der Waals surface area contributed by atoms with Crippen LogP contribution in [0.1, 0.15) is 38.7 Å². The number of carboxylic acid groups (broad SMARTS) is 2. The number of benzene rings is 1. The van der Waals surface area contributed by atoms with Gasteiger partial charge in [-0.05, 0) is 30.4 Å². The van der Waals surface area contributed by atoms with E-state index in [1.165, 1.54) is 4.90 Å². The number of aliphatic carboxylic acids is 2. The Kier molecular flexibility index (Phi) is 8.87. The van der Waals surface area contributed by atoms with Crippen LogP contribution in [0.5, 0.6) is 0 Å². The van der Waals surface area contributed by atoms with Crippen LogP contribution in [-0.4, -0.2) is 80.5 Å². The van der Waals surface area contributed by atoms with E-state index in [0.717, 1.165) is 10.9 Å². The minimum Gasteiger partial charge on any atom is -0.481 e. The third kappa shape index (κ3) is 6.64. The number of fused-ring (bicyclic) bond motifs is 1. The summed E-state index contributed by atoms with van der Waals surface area (Å²) in [5.74, 6) is -4.84. The molecule has 4 atom stereocenters. The monoisotopic (exact) mass is 515 g/mol. The van der Waals surface area contributed by atoms with Gasteiger partial charge in [0.2, 0.25) is 17.7 Å². The molecule has 0 saturated carbocycles. The molecule has 3 amide bonds. The predicted molar refractivity (Wildman–Crippen MR) is 133 cm³/mol. The lowest BCUT2D eigenvalue weighted by Crippen LogP contribution is -2.57. The Labute approximate surface area is 213 Å². The number of nitrogens with zero attached hydrogens (tertiary/aromatic N) is 1. The van der Waals surface area contributed by atoms with Gasteiger partial charge in [0.15, 0.2) is 0 Å². The minimum absolute atomic E-state index is 0.0587. The zero-order chi connectivity index (χ0) is 27.3. The molecule has 1 fully saturated rings. The van der Waals surface area contributed by atoms with Gasteiger partial charge in [-0.25, -0.2) is 4.79 Å². The Morgan fingerprint density at radius 2 is 1.81 bits per heavy atom. The molecular weight excluding hydrogens is 482 g/mol. The number of rotatable bonds is 11. The highest BCUT2D eigenvalue weighted by molar-refractivity contribution is 5.96. The molecule has 4 unspecified atom stereocenters. The van der Waals surface area contributed by atoms with Crippen molar-refractivity contribution >= 4 is 40.6 Å². The van der Waals surface area contributed by atoms with Crippen LogP contribution in [0.15, 0.2) is 30.5 Å². The molecule has 1 aliphatic heterocycles. The van der Waals surface area contributed by atoms with Crippen molar-refractivity contribution in [1.82, 2.24) is 20.5 Å². The number of H-pyrrole nitrogens is 1. The van der Waals surface area contributed by atoms with E-state index >= 15 is 0 Å². The van der Waals surface area contributed by atoms with Crippen LogP contribution in [0.25, 0.3) is 10.9 Å². The average molecular weight is 516 g/mol. The third-order valence-electron chi connectivity index (χ3n) is 6.57. The summed E-state index contributed by atoms with van der Waals surface area (Å²) >= 11 is 0. The molecule has 1 aromatic heterocycles.